The van der Waals surface area contributed by atoms with Gasteiger partial charge in [0, 0.05) is 30.2 Å². The fourth-order valence-corrected chi connectivity index (χ4v) is 2.92. The van der Waals surface area contributed by atoms with Crippen molar-refractivity contribution in [2.45, 2.75) is 51.7 Å². The van der Waals surface area contributed by atoms with Gasteiger partial charge < -0.3 is 5.32 Å². The van der Waals surface area contributed by atoms with Crippen LogP contribution in [0.1, 0.15) is 38.7 Å². The molecule has 0 aromatic heterocycles. The van der Waals surface area contributed by atoms with Gasteiger partial charge in [0.1, 0.15) is 0 Å². The van der Waals surface area contributed by atoms with E-state index in [4.69, 9.17) is 11.6 Å². The molecule has 0 aliphatic carbocycles. The monoisotopic (exact) mass is 280 g/mol. The van der Waals surface area contributed by atoms with Gasteiger partial charge in [0.2, 0.25) is 0 Å². The molecular weight excluding hydrogens is 256 g/mol. The quantitative estimate of drug-likeness (QED) is 0.905. The molecule has 1 saturated heterocycles. The van der Waals surface area contributed by atoms with E-state index in [0.717, 1.165) is 24.7 Å². The van der Waals surface area contributed by atoms with E-state index in [1.807, 2.05) is 12.1 Å². The molecular formula is C16H25ClN2. The lowest BCUT2D eigenvalue weighted by Crippen LogP contribution is -2.39. The number of halogens is 1. The average Bonchev–Trinajstić information content (AvgIpc) is 2.56. The maximum Gasteiger partial charge on any atom is 0.0406 e. The van der Waals surface area contributed by atoms with Crippen molar-refractivity contribution in [2.24, 2.45) is 0 Å². The van der Waals surface area contributed by atoms with Crippen molar-refractivity contribution in [3.8, 4) is 0 Å². The second kappa shape index (κ2) is 7.28. The summed E-state index contributed by atoms with van der Waals surface area (Å²) in [5, 5.41) is 4.49. The van der Waals surface area contributed by atoms with E-state index in [-0.39, 0.29) is 0 Å². The normalized spacial score (nSPS) is 25.2. The first-order chi connectivity index (χ1) is 9.19. The van der Waals surface area contributed by atoms with Crippen LogP contribution in [0.3, 0.4) is 0 Å². The minimum absolute atomic E-state index is 0.641. The standard InChI is InChI=1S/C16H25ClN2/c1-3-4-16-12-19(13(2)9-10-18-16)11-14-5-7-15(17)8-6-14/h5-8,13,16,18H,3-4,9-12H2,1-2H3. The second-order valence-electron chi connectivity index (χ2n) is 5.63. The zero-order valence-corrected chi connectivity index (χ0v) is 12.8. The summed E-state index contributed by atoms with van der Waals surface area (Å²) >= 11 is 5.95. The predicted octanol–water partition coefficient (Wildman–Crippen LogP) is 3.69. The third kappa shape index (κ3) is 4.48. The lowest BCUT2D eigenvalue weighted by atomic mass is 10.1. The molecule has 3 heteroatoms. The number of nitrogens with one attached hydrogen (secondary N) is 1. The summed E-state index contributed by atoms with van der Waals surface area (Å²) in [4.78, 5) is 2.60. The summed E-state index contributed by atoms with van der Waals surface area (Å²) in [6.07, 6.45) is 3.75. The molecule has 1 aromatic carbocycles. The van der Waals surface area contributed by atoms with Gasteiger partial charge >= 0.3 is 0 Å². The first-order valence-corrected chi connectivity index (χ1v) is 7.78. The van der Waals surface area contributed by atoms with Gasteiger partial charge in [-0.05, 0) is 44.0 Å². The highest BCUT2D eigenvalue weighted by atomic mass is 35.5. The molecule has 2 atom stereocenters. The largest absolute Gasteiger partial charge is 0.313 e. The maximum atomic E-state index is 5.95. The lowest BCUT2D eigenvalue weighted by molar-refractivity contribution is 0.193. The molecule has 0 saturated carbocycles. The van der Waals surface area contributed by atoms with Crippen molar-refractivity contribution in [1.82, 2.24) is 10.2 Å². The Labute approximate surface area is 122 Å². The molecule has 1 aliphatic rings. The second-order valence-corrected chi connectivity index (χ2v) is 6.07. The molecule has 0 amide bonds. The zero-order chi connectivity index (χ0) is 13.7. The van der Waals surface area contributed by atoms with Crippen LogP contribution in [0.2, 0.25) is 5.02 Å². The van der Waals surface area contributed by atoms with Crippen LogP contribution in [0.25, 0.3) is 0 Å². The molecule has 1 aromatic rings. The van der Waals surface area contributed by atoms with Crippen LogP contribution in [-0.4, -0.2) is 30.1 Å². The summed E-state index contributed by atoms with van der Waals surface area (Å²) in [5.74, 6) is 0. The summed E-state index contributed by atoms with van der Waals surface area (Å²) in [5.41, 5.74) is 1.35. The van der Waals surface area contributed by atoms with Crippen LogP contribution < -0.4 is 5.32 Å². The molecule has 2 nitrogen and oxygen atoms in total. The molecule has 0 spiro atoms. The zero-order valence-electron chi connectivity index (χ0n) is 12.0. The van der Waals surface area contributed by atoms with Crippen LogP contribution >= 0.6 is 11.6 Å². The third-order valence-corrected chi connectivity index (χ3v) is 4.26. The molecule has 1 aliphatic heterocycles. The van der Waals surface area contributed by atoms with Crippen LogP contribution in [-0.2, 0) is 6.54 Å². The molecule has 0 bridgehead atoms. The minimum atomic E-state index is 0.641. The summed E-state index contributed by atoms with van der Waals surface area (Å²) in [6, 6.07) is 9.54. The van der Waals surface area contributed by atoms with E-state index < -0.39 is 0 Å². The molecule has 1 heterocycles. The van der Waals surface area contributed by atoms with Gasteiger partial charge in [-0.3, -0.25) is 4.90 Å². The SMILES string of the molecule is CCCC1CN(Cc2ccc(Cl)cc2)C(C)CCN1. The first-order valence-electron chi connectivity index (χ1n) is 7.41. The fourth-order valence-electron chi connectivity index (χ4n) is 2.79. The van der Waals surface area contributed by atoms with Crippen molar-refractivity contribution >= 4 is 11.6 Å². The topological polar surface area (TPSA) is 15.3 Å². The molecule has 1 N–H and O–H groups in total. The Bertz CT molecular complexity index is 377. The number of hydrogen-bond acceptors (Lipinski definition) is 2. The van der Waals surface area contributed by atoms with E-state index in [9.17, 15) is 0 Å². The Morgan fingerprint density at radius 3 is 2.74 bits per heavy atom. The molecule has 19 heavy (non-hydrogen) atoms. The number of benzene rings is 1. The van der Waals surface area contributed by atoms with Crippen LogP contribution in [0.15, 0.2) is 24.3 Å². The van der Waals surface area contributed by atoms with Gasteiger partial charge in [0.05, 0.1) is 0 Å². The van der Waals surface area contributed by atoms with Crippen molar-refractivity contribution < 1.29 is 0 Å². The average molecular weight is 281 g/mol. The summed E-state index contributed by atoms with van der Waals surface area (Å²) in [6.45, 7) is 7.92. The number of rotatable bonds is 4. The van der Waals surface area contributed by atoms with E-state index in [2.05, 4.69) is 36.2 Å². The highest BCUT2D eigenvalue weighted by Crippen LogP contribution is 2.17. The maximum absolute atomic E-state index is 5.95. The Kier molecular flexibility index (Phi) is 5.68. The molecule has 2 rings (SSSR count). The van der Waals surface area contributed by atoms with E-state index in [1.165, 1.54) is 24.8 Å². The molecule has 106 valence electrons. The Morgan fingerprint density at radius 2 is 2.05 bits per heavy atom. The van der Waals surface area contributed by atoms with Gasteiger partial charge in [-0.15, -0.1) is 0 Å². The predicted molar refractivity (Wildman–Crippen MR) is 82.6 cm³/mol. The molecule has 2 unspecified atom stereocenters. The van der Waals surface area contributed by atoms with Gasteiger partial charge in [-0.2, -0.15) is 0 Å². The smallest absolute Gasteiger partial charge is 0.0406 e. The number of hydrogen-bond donors (Lipinski definition) is 1. The van der Waals surface area contributed by atoms with E-state index >= 15 is 0 Å². The van der Waals surface area contributed by atoms with E-state index in [1.54, 1.807) is 0 Å². The van der Waals surface area contributed by atoms with Crippen LogP contribution in [0.5, 0.6) is 0 Å². The Hall–Kier alpha value is -0.570. The fraction of sp³-hybridized carbons (Fsp3) is 0.625. The van der Waals surface area contributed by atoms with E-state index in [0.29, 0.717) is 12.1 Å². The highest BCUT2D eigenvalue weighted by Gasteiger charge is 2.22. The molecule has 0 radical (unpaired) electrons. The Balaban J connectivity index is 2.00. The highest BCUT2D eigenvalue weighted by molar-refractivity contribution is 6.30. The van der Waals surface area contributed by atoms with Crippen LogP contribution in [0, 0.1) is 0 Å². The first kappa shape index (κ1) is 14.8. The van der Waals surface area contributed by atoms with Crippen molar-refractivity contribution in [3.05, 3.63) is 34.9 Å². The minimum Gasteiger partial charge on any atom is -0.313 e. The lowest BCUT2D eigenvalue weighted by Gasteiger charge is -2.29. The molecule has 1 fully saturated rings. The van der Waals surface area contributed by atoms with Gasteiger partial charge in [0.15, 0.2) is 0 Å². The van der Waals surface area contributed by atoms with Crippen molar-refractivity contribution in [3.63, 3.8) is 0 Å². The van der Waals surface area contributed by atoms with Gasteiger partial charge in [-0.25, -0.2) is 0 Å². The van der Waals surface area contributed by atoms with Gasteiger partial charge in [-0.1, -0.05) is 37.1 Å². The van der Waals surface area contributed by atoms with Crippen molar-refractivity contribution in [2.75, 3.05) is 13.1 Å². The summed E-state index contributed by atoms with van der Waals surface area (Å²) < 4.78 is 0. The number of nitrogens with zero attached hydrogens (tertiary/aromatic N) is 1. The van der Waals surface area contributed by atoms with Crippen molar-refractivity contribution in [1.29, 1.82) is 0 Å². The van der Waals surface area contributed by atoms with Crippen LogP contribution in [0.4, 0.5) is 0 Å². The third-order valence-electron chi connectivity index (χ3n) is 4.01. The Morgan fingerprint density at radius 1 is 1.32 bits per heavy atom. The van der Waals surface area contributed by atoms with Gasteiger partial charge in [0.25, 0.3) is 0 Å². The summed E-state index contributed by atoms with van der Waals surface area (Å²) in [7, 11) is 0.